The minimum atomic E-state index is -0.629. The Labute approximate surface area is 127 Å². The van der Waals surface area contributed by atoms with Crippen LogP contribution >= 0.6 is 23.2 Å². The molecular weight excluding hydrogens is 295 g/mol. The highest BCUT2D eigenvalue weighted by molar-refractivity contribution is 6.35. The maximum Gasteiger partial charge on any atom is 0.241 e. The van der Waals surface area contributed by atoms with Crippen LogP contribution in [-0.2, 0) is 11.2 Å². The third-order valence-electron chi connectivity index (χ3n) is 2.77. The molecule has 0 aliphatic carbocycles. The van der Waals surface area contributed by atoms with Crippen molar-refractivity contribution < 1.29 is 4.79 Å². The summed E-state index contributed by atoms with van der Waals surface area (Å²) in [7, 11) is 0. The third-order valence-corrected chi connectivity index (χ3v) is 3.20. The summed E-state index contributed by atoms with van der Waals surface area (Å²) in [5.74, 6) is -0.271. The van der Waals surface area contributed by atoms with Gasteiger partial charge in [0.1, 0.15) is 0 Å². The lowest BCUT2D eigenvalue weighted by atomic mass is 10.1. The van der Waals surface area contributed by atoms with Crippen LogP contribution in [-0.4, -0.2) is 11.9 Å². The molecule has 20 heavy (non-hydrogen) atoms. The highest BCUT2D eigenvalue weighted by Gasteiger charge is 2.14. The van der Waals surface area contributed by atoms with Gasteiger partial charge in [0.05, 0.1) is 6.04 Å². The number of hydrogen-bond acceptors (Lipinski definition) is 2. The monoisotopic (exact) mass is 308 g/mol. The summed E-state index contributed by atoms with van der Waals surface area (Å²) in [6.45, 7) is 0. The van der Waals surface area contributed by atoms with Gasteiger partial charge in [0.15, 0.2) is 0 Å². The van der Waals surface area contributed by atoms with Crippen molar-refractivity contribution in [1.82, 2.24) is 0 Å². The van der Waals surface area contributed by atoms with Gasteiger partial charge in [0, 0.05) is 15.7 Å². The van der Waals surface area contributed by atoms with E-state index >= 15 is 0 Å². The first-order valence-electron chi connectivity index (χ1n) is 6.11. The molecule has 5 heteroatoms. The van der Waals surface area contributed by atoms with Gasteiger partial charge in [0.25, 0.3) is 0 Å². The van der Waals surface area contributed by atoms with Crippen molar-refractivity contribution in [2.45, 2.75) is 12.5 Å². The summed E-state index contributed by atoms with van der Waals surface area (Å²) < 4.78 is 0. The fraction of sp³-hybridized carbons (Fsp3) is 0.133. The van der Waals surface area contributed by atoms with Crippen LogP contribution in [0.3, 0.4) is 0 Å². The molecule has 0 aliphatic heterocycles. The zero-order valence-corrected chi connectivity index (χ0v) is 12.2. The van der Waals surface area contributed by atoms with Crippen LogP contribution in [0, 0.1) is 0 Å². The Bertz CT molecular complexity index is 582. The van der Waals surface area contributed by atoms with E-state index in [1.165, 1.54) is 0 Å². The van der Waals surface area contributed by atoms with E-state index in [2.05, 4.69) is 5.32 Å². The first kappa shape index (κ1) is 14.9. The van der Waals surface area contributed by atoms with Gasteiger partial charge in [-0.15, -0.1) is 0 Å². The van der Waals surface area contributed by atoms with E-state index in [1.807, 2.05) is 30.3 Å². The van der Waals surface area contributed by atoms with Crippen molar-refractivity contribution >= 4 is 34.8 Å². The van der Waals surface area contributed by atoms with E-state index in [0.717, 1.165) is 5.56 Å². The van der Waals surface area contributed by atoms with E-state index in [-0.39, 0.29) is 5.91 Å². The predicted octanol–water partition coefficient (Wildman–Crippen LogP) is 3.50. The number of carbonyl (C=O) groups excluding carboxylic acids is 1. The summed E-state index contributed by atoms with van der Waals surface area (Å²) in [5.41, 5.74) is 7.45. The predicted molar refractivity (Wildman–Crippen MR) is 83.2 cm³/mol. The second-order valence-corrected chi connectivity index (χ2v) is 5.32. The van der Waals surface area contributed by atoms with Crippen molar-refractivity contribution in [3.8, 4) is 0 Å². The highest BCUT2D eigenvalue weighted by Crippen LogP contribution is 2.22. The zero-order chi connectivity index (χ0) is 14.5. The van der Waals surface area contributed by atoms with Crippen LogP contribution < -0.4 is 11.1 Å². The Morgan fingerprint density at radius 2 is 1.70 bits per heavy atom. The van der Waals surface area contributed by atoms with Gasteiger partial charge in [-0.05, 0) is 30.2 Å². The average Bonchev–Trinajstić information content (AvgIpc) is 2.38. The van der Waals surface area contributed by atoms with Gasteiger partial charge in [-0.1, -0.05) is 53.5 Å². The molecule has 1 amide bonds. The van der Waals surface area contributed by atoms with Crippen molar-refractivity contribution in [3.63, 3.8) is 0 Å². The van der Waals surface area contributed by atoms with E-state index < -0.39 is 6.04 Å². The van der Waals surface area contributed by atoms with E-state index in [1.54, 1.807) is 18.2 Å². The van der Waals surface area contributed by atoms with Crippen LogP contribution in [0.1, 0.15) is 5.56 Å². The van der Waals surface area contributed by atoms with Gasteiger partial charge < -0.3 is 11.1 Å². The van der Waals surface area contributed by atoms with Crippen LogP contribution in [0.15, 0.2) is 48.5 Å². The van der Waals surface area contributed by atoms with Gasteiger partial charge in [-0.2, -0.15) is 0 Å². The Kier molecular flexibility index (Phi) is 5.01. The summed E-state index contributed by atoms with van der Waals surface area (Å²) in [6, 6.07) is 13.8. The molecule has 104 valence electrons. The Morgan fingerprint density at radius 3 is 2.30 bits per heavy atom. The minimum absolute atomic E-state index is 0.271. The topological polar surface area (TPSA) is 55.1 Å². The summed E-state index contributed by atoms with van der Waals surface area (Å²) in [4.78, 5) is 12.0. The lowest BCUT2D eigenvalue weighted by molar-refractivity contribution is -0.117. The number of nitrogens with two attached hydrogens (primary N) is 1. The molecule has 0 saturated heterocycles. The average molecular weight is 309 g/mol. The Morgan fingerprint density at radius 1 is 1.10 bits per heavy atom. The fourth-order valence-electron chi connectivity index (χ4n) is 1.82. The molecule has 2 aromatic carbocycles. The molecule has 1 unspecified atom stereocenters. The lowest BCUT2D eigenvalue weighted by Gasteiger charge is -2.12. The molecule has 0 aliphatic rings. The minimum Gasteiger partial charge on any atom is -0.325 e. The molecule has 0 fully saturated rings. The number of benzene rings is 2. The lowest BCUT2D eigenvalue weighted by Crippen LogP contribution is -2.37. The van der Waals surface area contributed by atoms with Gasteiger partial charge in [0.2, 0.25) is 5.91 Å². The largest absolute Gasteiger partial charge is 0.325 e. The van der Waals surface area contributed by atoms with Crippen LogP contribution in [0.4, 0.5) is 5.69 Å². The molecule has 0 radical (unpaired) electrons. The molecule has 2 aromatic rings. The number of nitrogens with one attached hydrogen (secondary N) is 1. The normalized spacial score (nSPS) is 11.9. The number of halogens is 2. The smallest absolute Gasteiger partial charge is 0.241 e. The van der Waals surface area contributed by atoms with Gasteiger partial charge in [-0.25, -0.2) is 0 Å². The molecule has 3 nitrogen and oxygen atoms in total. The second kappa shape index (κ2) is 6.75. The Hall–Kier alpha value is -1.55. The molecular formula is C15H14Cl2N2O. The molecule has 2 rings (SSSR count). The number of anilines is 1. The van der Waals surface area contributed by atoms with Gasteiger partial charge in [-0.3, -0.25) is 4.79 Å². The number of amides is 1. The Balaban J connectivity index is 2.00. The van der Waals surface area contributed by atoms with Crippen molar-refractivity contribution in [2.75, 3.05) is 5.32 Å². The maximum absolute atomic E-state index is 12.0. The summed E-state index contributed by atoms with van der Waals surface area (Å²) >= 11 is 11.8. The third kappa shape index (κ3) is 4.23. The van der Waals surface area contributed by atoms with Crippen molar-refractivity contribution in [1.29, 1.82) is 0 Å². The van der Waals surface area contributed by atoms with E-state index in [4.69, 9.17) is 28.9 Å². The highest BCUT2D eigenvalue weighted by atomic mass is 35.5. The van der Waals surface area contributed by atoms with Crippen LogP contribution in [0.25, 0.3) is 0 Å². The van der Waals surface area contributed by atoms with Crippen molar-refractivity contribution in [2.24, 2.45) is 5.73 Å². The van der Waals surface area contributed by atoms with Crippen LogP contribution in [0.5, 0.6) is 0 Å². The number of rotatable bonds is 4. The first-order valence-corrected chi connectivity index (χ1v) is 6.86. The molecule has 0 aromatic heterocycles. The number of carbonyl (C=O) groups is 1. The molecule has 0 saturated carbocycles. The number of hydrogen-bond donors (Lipinski definition) is 2. The first-order chi connectivity index (χ1) is 9.54. The molecule has 0 spiro atoms. The molecule has 0 bridgehead atoms. The molecule has 1 atom stereocenters. The zero-order valence-electron chi connectivity index (χ0n) is 10.6. The molecule has 3 N–H and O–H groups in total. The fourth-order valence-corrected chi connectivity index (χ4v) is 2.35. The van der Waals surface area contributed by atoms with E-state index in [9.17, 15) is 4.79 Å². The standard InChI is InChI=1S/C15H14Cl2N2O/c16-11-7-12(17)9-13(8-11)19-15(20)14(18)6-10-4-2-1-3-5-10/h1-5,7-9,14H,6,18H2,(H,19,20). The second-order valence-electron chi connectivity index (χ2n) is 4.44. The quantitative estimate of drug-likeness (QED) is 0.908. The maximum atomic E-state index is 12.0. The van der Waals surface area contributed by atoms with Crippen molar-refractivity contribution in [3.05, 3.63) is 64.1 Å². The summed E-state index contributed by atoms with van der Waals surface area (Å²) in [6.07, 6.45) is 0.473. The van der Waals surface area contributed by atoms with E-state index in [0.29, 0.717) is 22.2 Å². The molecule has 0 heterocycles. The van der Waals surface area contributed by atoms with Gasteiger partial charge >= 0.3 is 0 Å². The SMILES string of the molecule is NC(Cc1ccccc1)C(=O)Nc1cc(Cl)cc(Cl)c1. The van der Waals surface area contributed by atoms with Crippen LogP contribution in [0.2, 0.25) is 10.0 Å². The summed E-state index contributed by atoms with van der Waals surface area (Å²) in [5, 5.41) is 3.64.